The molecule has 0 amide bonds. The van der Waals surface area contributed by atoms with Crippen LogP contribution in [0.25, 0.3) is 0 Å². The van der Waals surface area contributed by atoms with E-state index in [0.717, 1.165) is 32.5 Å². The summed E-state index contributed by atoms with van der Waals surface area (Å²) in [7, 11) is 1.40. The predicted molar refractivity (Wildman–Crippen MR) is 81.1 cm³/mol. The number of carbonyl (C=O) groups excluding carboxylic acids is 1. The van der Waals surface area contributed by atoms with Gasteiger partial charge in [-0.2, -0.15) is 0 Å². The molecule has 0 fully saturated rings. The third-order valence-electron chi connectivity index (χ3n) is 3.27. The van der Waals surface area contributed by atoms with Crippen LogP contribution in [0.5, 0.6) is 0 Å². The number of benzene rings is 1. The molecule has 0 aromatic heterocycles. The lowest BCUT2D eigenvalue weighted by Gasteiger charge is -2.05. The third kappa shape index (κ3) is 6.71. The van der Waals surface area contributed by atoms with Gasteiger partial charge >= 0.3 is 5.97 Å². The predicted octanol–water partition coefficient (Wildman–Crippen LogP) is 4.00. The fraction of sp³-hybridized carbons (Fsp3) is 0.588. The van der Waals surface area contributed by atoms with Gasteiger partial charge in [-0.1, -0.05) is 31.9 Å². The molecule has 0 spiro atoms. The van der Waals surface area contributed by atoms with Crippen LogP contribution in [0.4, 0.5) is 0 Å². The van der Waals surface area contributed by atoms with Gasteiger partial charge in [0, 0.05) is 13.2 Å². The fourth-order valence-electron chi connectivity index (χ4n) is 2.01. The summed E-state index contributed by atoms with van der Waals surface area (Å²) in [5.41, 5.74) is 1.86. The number of aryl methyl sites for hydroxylation is 1. The topological polar surface area (TPSA) is 35.5 Å². The molecule has 0 aliphatic heterocycles. The normalized spacial score (nSPS) is 10.5. The quantitative estimate of drug-likeness (QED) is 0.479. The van der Waals surface area contributed by atoms with Crippen LogP contribution >= 0.6 is 0 Å². The number of ether oxygens (including phenoxy) is 2. The van der Waals surface area contributed by atoms with Crippen molar-refractivity contribution in [3.63, 3.8) is 0 Å². The summed E-state index contributed by atoms with van der Waals surface area (Å²) in [6.45, 7) is 3.94. The van der Waals surface area contributed by atoms with E-state index in [0.29, 0.717) is 5.56 Å². The van der Waals surface area contributed by atoms with E-state index in [-0.39, 0.29) is 5.97 Å². The van der Waals surface area contributed by atoms with Crippen molar-refractivity contribution in [3.05, 3.63) is 35.4 Å². The number of hydrogen-bond acceptors (Lipinski definition) is 3. The van der Waals surface area contributed by atoms with E-state index >= 15 is 0 Å². The van der Waals surface area contributed by atoms with Crippen LogP contribution in [-0.4, -0.2) is 26.3 Å². The largest absolute Gasteiger partial charge is 0.465 e. The third-order valence-corrected chi connectivity index (χ3v) is 3.27. The second-order valence-electron chi connectivity index (χ2n) is 4.97. The van der Waals surface area contributed by atoms with Crippen molar-refractivity contribution < 1.29 is 14.3 Å². The molecule has 0 saturated heterocycles. The molecule has 112 valence electrons. The monoisotopic (exact) mass is 278 g/mol. The van der Waals surface area contributed by atoms with E-state index in [2.05, 4.69) is 11.7 Å². The molecule has 0 saturated carbocycles. The van der Waals surface area contributed by atoms with Crippen molar-refractivity contribution in [2.45, 2.75) is 45.4 Å². The van der Waals surface area contributed by atoms with Gasteiger partial charge in [0.1, 0.15) is 0 Å². The molecule has 0 aliphatic rings. The highest BCUT2D eigenvalue weighted by atomic mass is 16.5. The molecular formula is C17H26O3. The molecule has 0 radical (unpaired) electrons. The molecule has 3 nitrogen and oxygen atoms in total. The Hall–Kier alpha value is -1.35. The average Bonchev–Trinajstić information content (AvgIpc) is 2.50. The van der Waals surface area contributed by atoms with Gasteiger partial charge < -0.3 is 9.47 Å². The second-order valence-corrected chi connectivity index (χ2v) is 4.97. The van der Waals surface area contributed by atoms with Gasteiger partial charge in [-0.15, -0.1) is 0 Å². The Morgan fingerprint density at radius 1 is 1.00 bits per heavy atom. The van der Waals surface area contributed by atoms with Crippen molar-refractivity contribution in [1.82, 2.24) is 0 Å². The van der Waals surface area contributed by atoms with Gasteiger partial charge in [-0.3, -0.25) is 0 Å². The molecule has 0 atom stereocenters. The first kappa shape index (κ1) is 16.7. The molecule has 20 heavy (non-hydrogen) atoms. The van der Waals surface area contributed by atoms with E-state index in [1.54, 1.807) is 0 Å². The van der Waals surface area contributed by atoms with Crippen LogP contribution in [0.15, 0.2) is 24.3 Å². The van der Waals surface area contributed by atoms with E-state index < -0.39 is 0 Å². The molecule has 0 bridgehead atoms. The standard InChI is InChI=1S/C17H26O3/c1-3-4-6-13-20-14-7-5-8-15-9-11-16(12-10-15)17(18)19-2/h9-12H,3-8,13-14H2,1-2H3. The number of carbonyl (C=O) groups is 1. The minimum Gasteiger partial charge on any atom is -0.465 e. The zero-order valence-electron chi connectivity index (χ0n) is 12.7. The zero-order valence-corrected chi connectivity index (χ0v) is 12.7. The van der Waals surface area contributed by atoms with Crippen molar-refractivity contribution >= 4 is 5.97 Å². The van der Waals surface area contributed by atoms with Gasteiger partial charge in [0.2, 0.25) is 0 Å². The van der Waals surface area contributed by atoms with Crippen molar-refractivity contribution in [2.24, 2.45) is 0 Å². The van der Waals surface area contributed by atoms with E-state index in [9.17, 15) is 4.79 Å². The number of unbranched alkanes of at least 4 members (excludes halogenated alkanes) is 3. The Kier molecular flexibility index (Phi) is 8.72. The molecule has 1 aromatic rings. The maximum atomic E-state index is 11.3. The van der Waals surface area contributed by atoms with E-state index in [1.807, 2.05) is 24.3 Å². The van der Waals surface area contributed by atoms with E-state index in [1.165, 1.54) is 31.9 Å². The smallest absolute Gasteiger partial charge is 0.337 e. The summed E-state index contributed by atoms with van der Waals surface area (Å²) in [5, 5.41) is 0. The van der Waals surface area contributed by atoms with Crippen LogP contribution in [0.3, 0.4) is 0 Å². The first-order chi connectivity index (χ1) is 9.77. The summed E-state index contributed by atoms with van der Waals surface area (Å²) >= 11 is 0. The Bertz CT molecular complexity index is 370. The fourth-order valence-corrected chi connectivity index (χ4v) is 2.01. The maximum Gasteiger partial charge on any atom is 0.337 e. The first-order valence-corrected chi connectivity index (χ1v) is 7.53. The Labute approximate surface area is 122 Å². The molecular weight excluding hydrogens is 252 g/mol. The molecule has 0 unspecified atom stereocenters. The molecule has 1 aromatic carbocycles. The molecule has 1 rings (SSSR count). The van der Waals surface area contributed by atoms with Crippen molar-refractivity contribution in [3.8, 4) is 0 Å². The molecule has 3 heteroatoms. The highest BCUT2D eigenvalue weighted by Crippen LogP contribution is 2.09. The van der Waals surface area contributed by atoms with Crippen LogP contribution in [0.1, 0.15) is 54.9 Å². The number of rotatable bonds is 10. The van der Waals surface area contributed by atoms with Crippen LogP contribution < -0.4 is 0 Å². The van der Waals surface area contributed by atoms with Gasteiger partial charge in [0.05, 0.1) is 12.7 Å². The maximum absolute atomic E-state index is 11.3. The average molecular weight is 278 g/mol. The zero-order chi connectivity index (χ0) is 14.6. The molecule has 0 N–H and O–H groups in total. The van der Waals surface area contributed by atoms with Gasteiger partial charge in [0.25, 0.3) is 0 Å². The minimum atomic E-state index is -0.281. The Balaban J connectivity index is 2.11. The Morgan fingerprint density at radius 3 is 2.25 bits per heavy atom. The van der Waals surface area contributed by atoms with E-state index in [4.69, 9.17) is 4.74 Å². The molecule has 0 heterocycles. The first-order valence-electron chi connectivity index (χ1n) is 7.53. The van der Waals surface area contributed by atoms with Crippen molar-refractivity contribution in [2.75, 3.05) is 20.3 Å². The van der Waals surface area contributed by atoms with Crippen LogP contribution in [0, 0.1) is 0 Å². The Morgan fingerprint density at radius 2 is 1.65 bits per heavy atom. The van der Waals surface area contributed by atoms with Crippen LogP contribution in [0.2, 0.25) is 0 Å². The summed E-state index contributed by atoms with van der Waals surface area (Å²) in [5.74, 6) is -0.281. The lowest BCUT2D eigenvalue weighted by molar-refractivity contribution is 0.0600. The summed E-state index contributed by atoms with van der Waals surface area (Å²) < 4.78 is 10.3. The van der Waals surface area contributed by atoms with Gasteiger partial charge in [-0.05, 0) is 43.4 Å². The molecule has 0 aliphatic carbocycles. The number of hydrogen-bond donors (Lipinski definition) is 0. The SMILES string of the molecule is CCCCCOCCCCc1ccc(C(=O)OC)cc1. The highest BCUT2D eigenvalue weighted by molar-refractivity contribution is 5.89. The van der Waals surface area contributed by atoms with Crippen molar-refractivity contribution in [1.29, 1.82) is 0 Å². The lowest BCUT2D eigenvalue weighted by Crippen LogP contribution is -2.01. The van der Waals surface area contributed by atoms with Gasteiger partial charge in [0.15, 0.2) is 0 Å². The second kappa shape index (κ2) is 10.4. The highest BCUT2D eigenvalue weighted by Gasteiger charge is 2.03. The summed E-state index contributed by atoms with van der Waals surface area (Å²) in [6.07, 6.45) is 6.90. The minimum absolute atomic E-state index is 0.281. The lowest BCUT2D eigenvalue weighted by atomic mass is 10.1. The summed E-state index contributed by atoms with van der Waals surface area (Å²) in [4.78, 5) is 11.3. The number of methoxy groups -OCH3 is 1. The van der Waals surface area contributed by atoms with Gasteiger partial charge in [-0.25, -0.2) is 4.79 Å². The van der Waals surface area contributed by atoms with Crippen LogP contribution in [-0.2, 0) is 15.9 Å². The summed E-state index contributed by atoms with van der Waals surface area (Å²) in [6, 6.07) is 7.63. The number of esters is 1.